The van der Waals surface area contributed by atoms with E-state index in [0.717, 1.165) is 18.4 Å². The number of amides is 1. The van der Waals surface area contributed by atoms with Gasteiger partial charge < -0.3 is 9.64 Å². The fourth-order valence-electron chi connectivity index (χ4n) is 2.94. The molecular weight excluding hydrogens is 377 g/mol. The van der Waals surface area contributed by atoms with Crippen molar-refractivity contribution in [2.24, 2.45) is 0 Å². The lowest BCUT2D eigenvalue weighted by Crippen LogP contribution is -2.32. The number of esters is 1. The third-order valence-electron chi connectivity index (χ3n) is 4.33. The molecule has 1 aromatic heterocycles. The van der Waals surface area contributed by atoms with Crippen molar-refractivity contribution in [2.45, 2.75) is 26.3 Å². The van der Waals surface area contributed by atoms with Crippen LogP contribution in [0.25, 0.3) is 0 Å². The zero-order chi connectivity index (χ0) is 18.7. The number of hydrogen-bond acceptors (Lipinski definition) is 4. The molecule has 0 aliphatic carbocycles. The molecule has 0 radical (unpaired) electrons. The Kier molecular flexibility index (Phi) is 5.84. The molecule has 1 amide bonds. The van der Waals surface area contributed by atoms with Crippen molar-refractivity contribution in [3.63, 3.8) is 0 Å². The zero-order valence-corrected chi connectivity index (χ0v) is 15.9. The van der Waals surface area contributed by atoms with Crippen LogP contribution in [0, 0.1) is 6.92 Å². The normalized spacial score (nSPS) is 13.9. The van der Waals surface area contributed by atoms with E-state index in [9.17, 15) is 9.59 Å². The largest absolute Gasteiger partial charge is 0.452 e. The first-order valence-corrected chi connectivity index (χ1v) is 9.14. The van der Waals surface area contributed by atoms with Crippen molar-refractivity contribution in [3.05, 3.63) is 51.3 Å². The Labute approximate surface area is 161 Å². The Morgan fingerprint density at radius 1 is 1.19 bits per heavy atom. The van der Waals surface area contributed by atoms with Gasteiger partial charge in [0.15, 0.2) is 6.61 Å². The first kappa shape index (κ1) is 18.7. The highest BCUT2D eigenvalue weighted by molar-refractivity contribution is 6.33. The number of hydrogen-bond donors (Lipinski definition) is 0. The van der Waals surface area contributed by atoms with Gasteiger partial charge in [0, 0.05) is 18.1 Å². The third kappa shape index (κ3) is 4.02. The number of ether oxygens (including phenoxy) is 1. The lowest BCUT2D eigenvalue weighted by molar-refractivity contribution is -0.133. The van der Waals surface area contributed by atoms with Crippen LogP contribution in [-0.2, 0) is 16.1 Å². The standard InChI is InChI=1S/C18H19Cl2N3O3/c1-12-16(18(25)26-11-15(24)22-8-4-5-9-22)17(20)23(21-12)10-13-6-2-3-7-14(13)19/h2-3,6-7H,4-5,8-11H2,1H3. The summed E-state index contributed by atoms with van der Waals surface area (Å²) in [5, 5.41) is 5.06. The monoisotopic (exact) mass is 395 g/mol. The van der Waals surface area contributed by atoms with E-state index in [1.165, 1.54) is 4.68 Å². The molecule has 138 valence electrons. The maximum absolute atomic E-state index is 12.4. The lowest BCUT2D eigenvalue weighted by atomic mass is 10.2. The molecule has 6 nitrogen and oxygen atoms in total. The minimum absolute atomic E-state index is 0.168. The second kappa shape index (κ2) is 8.10. The average Bonchev–Trinajstić information content (AvgIpc) is 3.24. The summed E-state index contributed by atoms with van der Waals surface area (Å²) < 4.78 is 6.65. The van der Waals surface area contributed by atoms with Gasteiger partial charge in [-0.1, -0.05) is 41.4 Å². The number of aryl methyl sites for hydroxylation is 1. The van der Waals surface area contributed by atoms with Gasteiger partial charge in [0.2, 0.25) is 0 Å². The highest BCUT2D eigenvalue weighted by atomic mass is 35.5. The van der Waals surface area contributed by atoms with Gasteiger partial charge in [-0.15, -0.1) is 0 Å². The van der Waals surface area contributed by atoms with E-state index in [-0.39, 0.29) is 23.2 Å². The van der Waals surface area contributed by atoms with E-state index in [0.29, 0.717) is 30.4 Å². The van der Waals surface area contributed by atoms with Crippen molar-refractivity contribution in [1.29, 1.82) is 0 Å². The third-order valence-corrected chi connectivity index (χ3v) is 5.09. The number of nitrogens with zero attached hydrogens (tertiary/aromatic N) is 3. The number of aromatic nitrogens is 2. The summed E-state index contributed by atoms with van der Waals surface area (Å²) in [5.74, 6) is -0.835. The van der Waals surface area contributed by atoms with Crippen LogP contribution in [0.4, 0.5) is 0 Å². The SMILES string of the molecule is Cc1nn(Cc2ccccc2Cl)c(Cl)c1C(=O)OCC(=O)N1CCCC1. The molecule has 0 spiro atoms. The maximum atomic E-state index is 12.4. The van der Waals surface area contributed by atoms with Crippen LogP contribution in [-0.4, -0.2) is 46.3 Å². The molecule has 1 saturated heterocycles. The zero-order valence-electron chi connectivity index (χ0n) is 14.4. The first-order valence-electron chi connectivity index (χ1n) is 8.38. The van der Waals surface area contributed by atoms with Gasteiger partial charge in [0.25, 0.3) is 5.91 Å². The summed E-state index contributed by atoms with van der Waals surface area (Å²) in [6, 6.07) is 7.34. The number of carbonyl (C=O) groups is 2. The smallest absolute Gasteiger partial charge is 0.343 e. The minimum atomic E-state index is -0.648. The molecule has 1 aromatic carbocycles. The fraction of sp³-hybridized carbons (Fsp3) is 0.389. The number of rotatable bonds is 5. The van der Waals surface area contributed by atoms with E-state index >= 15 is 0 Å². The van der Waals surface area contributed by atoms with Crippen molar-refractivity contribution < 1.29 is 14.3 Å². The Bertz CT molecular complexity index is 829. The Morgan fingerprint density at radius 3 is 2.58 bits per heavy atom. The van der Waals surface area contributed by atoms with Gasteiger partial charge in [0.1, 0.15) is 10.7 Å². The Hall–Kier alpha value is -2.05. The van der Waals surface area contributed by atoms with Crippen molar-refractivity contribution in [1.82, 2.24) is 14.7 Å². The molecule has 8 heteroatoms. The van der Waals surface area contributed by atoms with E-state index in [4.69, 9.17) is 27.9 Å². The molecule has 0 N–H and O–H groups in total. The number of halogens is 2. The van der Waals surface area contributed by atoms with Crippen molar-refractivity contribution in [3.8, 4) is 0 Å². The predicted molar refractivity (Wildman–Crippen MR) is 98.6 cm³/mol. The average molecular weight is 396 g/mol. The van der Waals surface area contributed by atoms with Crippen molar-refractivity contribution in [2.75, 3.05) is 19.7 Å². The number of benzene rings is 1. The molecule has 1 aliphatic heterocycles. The van der Waals surface area contributed by atoms with Crippen LogP contribution in [0.1, 0.15) is 34.5 Å². The first-order chi connectivity index (χ1) is 12.5. The number of likely N-dealkylation sites (tertiary alicyclic amines) is 1. The molecule has 0 unspecified atom stereocenters. The summed E-state index contributed by atoms with van der Waals surface area (Å²) in [4.78, 5) is 26.1. The van der Waals surface area contributed by atoms with E-state index in [2.05, 4.69) is 5.10 Å². The van der Waals surface area contributed by atoms with Gasteiger partial charge in [-0.2, -0.15) is 5.10 Å². The molecule has 0 bridgehead atoms. The van der Waals surface area contributed by atoms with Gasteiger partial charge in [0.05, 0.1) is 12.2 Å². The molecule has 26 heavy (non-hydrogen) atoms. The molecule has 2 aromatic rings. The van der Waals surface area contributed by atoms with Crippen LogP contribution in [0.3, 0.4) is 0 Å². The van der Waals surface area contributed by atoms with E-state index in [1.807, 2.05) is 18.2 Å². The second-order valence-corrected chi connectivity index (χ2v) is 6.93. The Morgan fingerprint density at radius 2 is 1.88 bits per heavy atom. The molecule has 3 rings (SSSR count). The van der Waals surface area contributed by atoms with Crippen LogP contribution in [0.15, 0.2) is 24.3 Å². The summed E-state index contributed by atoms with van der Waals surface area (Å²) in [5.41, 5.74) is 1.45. The minimum Gasteiger partial charge on any atom is -0.452 e. The van der Waals surface area contributed by atoms with Gasteiger partial charge in [-0.25, -0.2) is 9.48 Å². The summed E-state index contributed by atoms with van der Waals surface area (Å²) in [7, 11) is 0. The summed E-state index contributed by atoms with van der Waals surface area (Å²) in [6.45, 7) is 3.15. The highest BCUT2D eigenvalue weighted by Gasteiger charge is 2.24. The van der Waals surface area contributed by atoms with Crippen LogP contribution < -0.4 is 0 Å². The van der Waals surface area contributed by atoms with Gasteiger partial charge >= 0.3 is 5.97 Å². The van der Waals surface area contributed by atoms with Gasteiger partial charge in [-0.3, -0.25) is 4.79 Å². The molecule has 1 fully saturated rings. The molecule has 0 atom stereocenters. The quantitative estimate of drug-likeness (QED) is 0.728. The van der Waals surface area contributed by atoms with E-state index < -0.39 is 5.97 Å². The number of carbonyl (C=O) groups excluding carboxylic acids is 2. The van der Waals surface area contributed by atoms with Crippen molar-refractivity contribution >= 4 is 35.1 Å². The highest BCUT2D eigenvalue weighted by Crippen LogP contribution is 2.24. The Balaban J connectivity index is 1.69. The van der Waals surface area contributed by atoms with E-state index in [1.54, 1.807) is 17.9 Å². The molecule has 1 aliphatic rings. The fourth-order valence-corrected chi connectivity index (χ4v) is 3.44. The molecule has 0 saturated carbocycles. The summed E-state index contributed by atoms with van der Waals surface area (Å²) in [6.07, 6.45) is 1.97. The second-order valence-electron chi connectivity index (χ2n) is 6.16. The van der Waals surface area contributed by atoms with Gasteiger partial charge in [-0.05, 0) is 31.4 Å². The van der Waals surface area contributed by atoms with Crippen LogP contribution in [0.5, 0.6) is 0 Å². The molecular formula is C18H19Cl2N3O3. The molecule has 2 heterocycles. The summed E-state index contributed by atoms with van der Waals surface area (Å²) >= 11 is 12.5. The predicted octanol–water partition coefficient (Wildman–Crippen LogP) is 3.33. The van der Waals surface area contributed by atoms with Crippen LogP contribution in [0.2, 0.25) is 10.2 Å². The lowest BCUT2D eigenvalue weighted by Gasteiger charge is -2.14. The van der Waals surface area contributed by atoms with Crippen LogP contribution >= 0.6 is 23.2 Å². The maximum Gasteiger partial charge on any atom is 0.343 e. The topological polar surface area (TPSA) is 64.4 Å².